The third-order valence-corrected chi connectivity index (χ3v) is 2.96. The molecule has 0 saturated heterocycles. The Morgan fingerprint density at radius 1 is 1.17 bits per heavy atom. The molecule has 2 aromatic heterocycles. The number of nitrogens with zero attached hydrogens (tertiary/aromatic N) is 5. The third-order valence-electron chi connectivity index (χ3n) is 2.96. The summed E-state index contributed by atoms with van der Waals surface area (Å²) in [6.07, 6.45) is 0. The van der Waals surface area contributed by atoms with Crippen molar-refractivity contribution >= 4 is 5.82 Å². The van der Waals surface area contributed by atoms with Gasteiger partial charge in [0.15, 0.2) is 0 Å². The minimum atomic E-state index is 0.703. The highest BCUT2D eigenvalue weighted by Crippen LogP contribution is 2.20. The van der Waals surface area contributed by atoms with E-state index in [1.54, 1.807) is 0 Å². The van der Waals surface area contributed by atoms with Crippen LogP contribution in [0.25, 0.3) is 0 Å². The van der Waals surface area contributed by atoms with Crippen molar-refractivity contribution in [2.75, 3.05) is 11.9 Å². The Hall–Kier alpha value is -1.85. The Labute approximate surface area is 107 Å². The number of nitrogens with one attached hydrogen (secondary N) is 1. The van der Waals surface area contributed by atoms with Crippen LogP contribution < -0.4 is 5.32 Å². The van der Waals surface area contributed by atoms with Gasteiger partial charge in [-0.1, -0.05) is 0 Å². The van der Waals surface area contributed by atoms with Crippen molar-refractivity contribution in [2.24, 2.45) is 7.05 Å². The van der Waals surface area contributed by atoms with E-state index in [-0.39, 0.29) is 0 Å². The van der Waals surface area contributed by atoms with E-state index in [0.717, 1.165) is 29.7 Å². The molecule has 2 aromatic rings. The molecular formula is C12H20N6. The van der Waals surface area contributed by atoms with Crippen molar-refractivity contribution in [3.63, 3.8) is 0 Å². The van der Waals surface area contributed by atoms with Gasteiger partial charge in [-0.25, -0.2) is 9.67 Å². The number of hydrogen-bond acceptors (Lipinski definition) is 4. The highest BCUT2D eigenvalue weighted by molar-refractivity contribution is 5.47. The smallest absolute Gasteiger partial charge is 0.147 e. The molecule has 0 fully saturated rings. The molecule has 0 aliphatic carbocycles. The predicted octanol–water partition coefficient (Wildman–Crippen LogP) is 1.42. The van der Waals surface area contributed by atoms with Gasteiger partial charge < -0.3 is 5.32 Å². The van der Waals surface area contributed by atoms with Gasteiger partial charge >= 0.3 is 0 Å². The standard InChI is InChI=1S/C12H20N6/c1-6-13-12-11(8(2)15-17(12)5)7-18-10(4)14-9(3)16-18/h13H,6-7H2,1-5H3. The monoisotopic (exact) mass is 248 g/mol. The molecule has 6 heteroatoms. The summed E-state index contributed by atoms with van der Waals surface area (Å²) in [6.45, 7) is 9.56. The minimum Gasteiger partial charge on any atom is -0.370 e. The molecule has 0 atom stereocenters. The molecule has 1 N–H and O–H groups in total. The SMILES string of the molecule is CCNc1c(Cn2nc(C)nc2C)c(C)nn1C. The normalized spacial score (nSPS) is 10.9. The summed E-state index contributed by atoms with van der Waals surface area (Å²) in [7, 11) is 1.95. The Balaban J connectivity index is 2.36. The van der Waals surface area contributed by atoms with Crippen LogP contribution in [0.2, 0.25) is 0 Å². The largest absolute Gasteiger partial charge is 0.370 e. The van der Waals surface area contributed by atoms with Crippen molar-refractivity contribution in [2.45, 2.75) is 34.2 Å². The summed E-state index contributed by atoms with van der Waals surface area (Å²) >= 11 is 0. The van der Waals surface area contributed by atoms with E-state index < -0.39 is 0 Å². The van der Waals surface area contributed by atoms with Crippen LogP contribution in [0, 0.1) is 20.8 Å². The lowest BCUT2D eigenvalue weighted by molar-refractivity contribution is 0.654. The van der Waals surface area contributed by atoms with Gasteiger partial charge in [-0.2, -0.15) is 10.2 Å². The van der Waals surface area contributed by atoms with Gasteiger partial charge in [0.1, 0.15) is 17.5 Å². The average molecular weight is 248 g/mol. The van der Waals surface area contributed by atoms with Crippen LogP contribution in [0.15, 0.2) is 0 Å². The second-order valence-electron chi connectivity index (χ2n) is 4.43. The van der Waals surface area contributed by atoms with Crippen LogP contribution in [0.4, 0.5) is 5.82 Å². The zero-order chi connectivity index (χ0) is 13.3. The molecule has 0 radical (unpaired) electrons. The van der Waals surface area contributed by atoms with E-state index in [4.69, 9.17) is 0 Å². The maximum absolute atomic E-state index is 4.45. The Bertz CT molecular complexity index is 551. The summed E-state index contributed by atoms with van der Waals surface area (Å²) in [6, 6.07) is 0. The molecule has 0 aliphatic rings. The Kier molecular flexibility index (Phi) is 3.36. The maximum Gasteiger partial charge on any atom is 0.147 e. The van der Waals surface area contributed by atoms with Gasteiger partial charge in [-0.05, 0) is 27.7 Å². The molecule has 0 bridgehead atoms. The number of rotatable bonds is 4. The summed E-state index contributed by atoms with van der Waals surface area (Å²) in [5.41, 5.74) is 2.20. The number of aryl methyl sites for hydroxylation is 4. The first-order valence-corrected chi connectivity index (χ1v) is 6.17. The lowest BCUT2D eigenvalue weighted by Crippen LogP contribution is -2.09. The first-order chi connectivity index (χ1) is 8.52. The number of hydrogen-bond donors (Lipinski definition) is 1. The molecule has 98 valence electrons. The van der Waals surface area contributed by atoms with Gasteiger partial charge in [0, 0.05) is 19.2 Å². The van der Waals surface area contributed by atoms with E-state index in [1.807, 2.05) is 37.2 Å². The zero-order valence-electron chi connectivity index (χ0n) is 11.7. The molecule has 0 spiro atoms. The second-order valence-corrected chi connectivity index (χ2v) is 4.43. The lowest BCUT2D eigenvalue weighted by Gasteiger charge is -2.08. The van der Waals surface area contributed by atoms with Crippen molar-refractivity contribution in [3.8, 4) is 0 Å². The maximum atomic E-state index is 4.45. The fraction of sp³-hybridized carbons (Fsp3) is 0.583. The first-order valence-electron chi connectivity index (χ1n) is 6.17. The van der Waals surface area contributed by atoms with Gasteiger partial charge in [0.25, 0.3) is 0 Å². The Morgan fingerprint density at radius 2 is 1.89 bits per heavy atom. The van der Waals surface area contributed by atoms with Crippen LogP contribution >= 0.6 is 0 Å². The van der Waals surface area contributed by atoms with E-state index in [9.17, 15) is 0 Å². The average Bonchev–Trinajstić information content (AvgIpc) is 2.73. The van der Waals surface area contributed by atoms with Gasteiger partial charge in [0.2, 0.25) is 0 Å². The van der Waals surface area contributed by atoms with Crippen LogP contribution in [-0.2, 0) is 13.6 Å². The van der Waals surface area contributed by atoms with Gasteiger partial charge in [-0.3, -0.25) is 4.68 Å². The van der Waals surface area contributed by atoms with Crippen molar-refractivity contribution in [1.82, 2.24) is 24.5 Å². The third kappa shape index (κ3) is 2.23. The molecule has 0 unspecified atom stereocenters. The number of anilines is 1. The minimum absolute atomic E-state index is 0.703. The fourth-order valence-corrected chi connectivity index (χ4v) is 2.14. The molecule has 2 rings (SSSR count). The summed E-state index contributed by atoms with van der Waals surface area (Å²) in [5.74, 6) is 2.79. The van der Waals surface area contributed by atoms with Crippen LogP contribution in [0.1, 0.15) is 29.8 Å². The van der Waals surface area contributed by atoms with Crippen molar-refractivity contribution in [3.05, 3.63) is 22.9 Å². The molecule has 0 aromatic carbocycles. The van der Waals surface area contributed by atoms with Crippen molar-refractivity contribution in [1.29, 1.82) is 0 Å². The molecule has 0 saturated carbocycles. The van der Waals surface area contributed by atoms with E-state index in [0.29, 0.717) is 6.54 Å². The van der Waals surface area contributed by atoms with Crippen LogP contribution in [0.3, 0.4) is 0 Å². The molecule has 2 heterocycles. The molecular weight excluding hydrogens is 228 g/mol. The molecule has 0 aliphatic heterocycles. The van der Waals surface area contributed by atoms with E-state index in [1.165, 1.54) is 5.56 Å². The molecule has 6 nitrogen and oxygen atoms in total. The van der Waals surface area contributed by atoms with Crippen LogP contribution in [-0.4, -0.2) is 31.1 Å². The summed E-state index contributed by atoms with van der Waals surface area (Å²) in [4.78, 5) is 4.32. The topological polar surface area (TPSA) is 60.6 Å². The van der Waals surface area contributed by atoms with E-state index >= 15 is 0 Å². The van der Waals surface area contributed by atoms with Gasteiger partial charge in [-0.15, -0.1) is 0 Å². The lowest BCUT2D eigenvalue weighted by atomic mass is 10.2. The zero-order valence-corrected chi connectivity index (χ0v) is 11.7. The van der Waals surface area contributed by atoms with Crippen LogP contribution in [0.5, 0.6) is 0 Å². The molecule has 18 heavy (non-hydrogen) atoms. The fourth-order valence-electron chi connectivity index (χ4n) is 2.14. The quantitative estimate of drug-likeness (QED) is 0.889. The first kappa shape index (κ1) is 12.6. The Morgan fingerprint density at radius 3 is 2.44 bits per heavy atom. The predicted molar refractivity (Wildman–Crippen MR) is 70.7 cm³/mol. The number of aromatic nitrogens is 5. The van der Waals surface area contributed by atoms with E-state index in [2.05, 4.69) is 27.4 Å². The molecule has 0 amide bonds. The van der Waals surface area contributed by atoms with Crippen molar-refractivity contribution < 1.29 is 0 Å². The van der Waals surface area contributed by atoms with Gasteiger partial charge in [0.05, 0.1) is 12.2 Å². The summed E-state index contributed by atoms with van der Waals surface area (Å²) in [5, 5.41) is 12.2. The summed E-state index contributed by atoms with van der Waals surface area (Å²) < 4.78 is 3.80. The highest BCUT2D eigenvalue weighted by Gasteiger charge is 2.14. The second kappa shape index (κ2) is 4.80. The highest BCUT2D eigenvalue weighted by atomic mass is 15.4.